The lowest BCUT2D eigenvalue weighted by Gasteiger charge is -2.36. The first-order valence-corrected chi connectivity index (χ1v) is 12.1. The normalized spacial score (nSPS) is 17.0. The maximum absolute atomic E-state index is 12.7. The summed E-state index contributed by atoms with van der Waals surface area (Å²) in [4.78, 5) is 20.6. The molecule has 1 fully saturated rings. The van der Waals surface area contributed by atoms with E-state index >= 15 is 0 Å². The van der Waals surface area contributed by atoms with Crippen molar-refractivity contribution in [2.24, 2.45) is 5.92 Å². The number of rotatable bonds is 8. The van der Waals surface area contributed by atoms with E-state index in [4.69, 9.17) is 10.2 Å². The van der Waals surface area contributed by atoms with Crippen molar-refractivity contribution in [3.63, 3.8) is 0 Å². The van der Waals surface area contributed by atoms with E-state index < -0.39 is 17.3 Å². The van der Waals surface area contributed by atoms with Crippen LogP contribution in [0.4, 0.5) is 17.4 Å². The fourth-order valence-corrected chi connectivity index (χ4v) is 5.28. The van der Waals surface area contributed by atoms with Crippen molar-refractivity contribution in [2.75, 3.05) is 68.5 Å². The molecule has 1 aromatic carbocycles. The van der Waals surface area contributed by atoms with Gasteiger partial charge in [0.15, 0.2) is 5.69 Å². The van der Waals surface area contributed by atoms with Crippen molar-refractivity contribution >= 4 is 50.6 Å². The number of nitrogen functional groups attached to an aromatic ring is 1. The van der Waals surface area contributed by atoms with Gasteiger partial charge in [-0.1, -0.05) is 6.92 Å². The minimum absolute atomic E-state index is 0.0515. The Bertz CT molecular complexity index is 888. The van der Waals surface area contributed by atoms with Crippen LogP contribution in [-0.2, 0) is 11.4 Å². The number of nitrogens with one attached hydrogen (secondary N) is 1. The van der Waals surface area contributed by atoms with Crippen LogP contribution in [0.1, 0.15) is 17.4 Å². The van der Waals surface area contributed by atoms with Gasteiger partial charge in [-0.05, 0) is 48.2 Å². The van der Waals surface area contributed by atoms with Gasteiger partial charge in [0.25, 0.3) is 11.9 Å². The Hall–Kier alpha value is -1.79. The number of benzene rings is 1. The quantitative estimate of drug-likeness (QED) is 0.517. The van der Waals surface area contributed by atoms with E-state index in [9.17, 15) is 9.35 Å². The fraction of sp³-hybridized carbons (Fsp3) is 0.500. The van der Waals surface area contributed by atoms with Crippen molar-refractivity contribution in [3.8, 4) is 0 Å². The molecule has 3 rings (SSSR count). The fourth-order valence-electron chi connectivity index (χ4n) is 3.56. The second-order valence-electron chi connectivity index (χ2n) is 7.96. The highest BCUT2D eigenvalue weighted by Gasteiger charge is 2.27. The number of hydrogen-bond donors (Lipinski definition) is 2. The van der Waals surface area contributed by atoms with E-state index in [0.29, 0.717) is 17.4 Å². The zero-order valence-electron chi connectivity index (χ0n) is 18.0. The van der Waals surface area contributed by atoms with E-state index in [-0.39, 0.29) is 11.7 Å². The summed E-state index contributed by atoms with van der Waals surface area (Å²) in [5.41, 5.74) is 7.18. The lowest BCUT2D eigenvalue weighted by atomic mass is 10.2. The highest BCUT2D eigenvalue weighted by molar-refractivity contribution is 9.10. The lowest BCUT2D eigenvalue weighted by molar-refractivity contribution is 0.102. The number of hydrogen-bond acceptors (Lipinski definition) is 8. The standard InChI is InChI=1S/C20H29BrN6O3S/c1-14(11-25(2)3)13-31(29)27-8-6-26(7-9-27)15-4-5-16(21)17(10-15)23-19(28)18-12-30-20(22)24-18/h4-5,10,12,14H,6-9,11,13H2,1-3H3,(H2,22,24)(H,23,28). The van der Waals surface area contributed by atoms with Crippen LogP contribution in [0.15, 0.2) is 33.4 Å². The van der Waals surface area contributed by atoms with Crippen molar-refractivity contribution in [1.29, 1.82) is 0 Å². The third-order valence-corrected chi connectivity index (χ3v) is 7.44. The summed E-state index contributed by atoms with van der Waals surface area (Å²) in [5, 5.41) is 2.83. The molecule has 2 heterocycles. The van der Waals surface area contributed by atoms with E-state index in [0.717, 1.165) is 42.9 Å². The summed E-state index contributed by atoms with van der Waals surface area (Å²) in [6.07, 6.45) is 1.22. The number of piperazine rings is 1. The molecule has 2 atom stereocenters. The van der Waals surface area contributed by atoms with Crippen LogP contribution < -0.4 is 16.0 Å². The number of amides is 1. The Morgan fingerprint density at radius 1 is 1.39 bits per heavy atom. The van der Waals surface area contributed by atoms with Gasteiger partial charge in [-0.3, -0.25) is 4.79 Å². The summed E-state index contributed by atoms with van der Waals surface area (Å²) in [6, 6.07) is 5.76. The van der Waals surface area contributed by atoms with Crippen LogP contribution in [0.5, 0.6) is 0 Å². The zero-order chi connectivity index (χ0) is 22.5. The molecule has 11 heteroatoms. The molecule has 1 amide bonds. The molecule has 1 aromatic heterocycles. The van der Waals surface area contributed by atoms with Crippen molar-refractivity contribution in [1.82, 2.24) is 14.2 Å². The van der Waals surface area contributed by atoms with Gasteiger partial charge in [0, 0.05) is 47.1 Å². The largest absolute Gasteiger partial charge is 0.598 e. The van der Waals surface area contributed by atoms with Gasteiger partial charge in [-0.2, -0.15) is 4.98 Å². The Kier molecular flexibility index (Phi) is 8.23. The summed E-state index contributed by atoms with van der Waals surface area (Å²) in [6.45, 7) is 6.07. The third-order valence-electron chi connectivity index (χ3n) is 4.95. The number of aromatic nitrogens is 1. The molecule has 1 aliphatic rings. The van der Waals surface area contributed by atoms with Crippen LogP contribution in [-0.4, -0.2) is 77.2 Å². The maximum atomic E-state index is 12.7. The zero-order valence-corrected chi connectivity index (χ0v) is 20.4. The van der Waals surface area contributed by atoms with Crippen LogP contribution in [0.25, 0.3) is 0 Å². The number of oxazole rings is 1. The molecule has 0 spiro atoms. The third kappa shape index (κ3) is 6.59. The first-order valence-electron chi connectivity index (χ1n) is 10.1. The van der Waals surface area contributed by atoms with E-state index in [2.05, 4.69) is 47.3 Å². The number of carbonyl (C=O) groups excluding carboxylic acids is 1. The monoisotopic (exact) mass is 512 g/mol. The molecule has 9 nitrogen and oxygen atoms in total. The second-order valence-corrected chi connectivity index (χ2v) is 10.3. The van der Waals surface area contributed by atoms with Crippen LogP contribution in [0.2, 0.25) is 0 Å². The molecule has 1 saturated heterocycles. The molecule has 0 aliphatic carbocycles. The summed E-state index contributed by atoms with van der Waals surface area (Å²) >= 11 is 2.51. The summed E-state index contributed by atoms with van der Waals surface area (Å²) < 4.78 is 20.4. The maximum Gasteiger partial charge on any atom is 0.292 e. The Labute approximate surface area is 194 Å². The van der Waals surface area contributed by atoms with Crippen LogP contribution >= 0.6 is 15.9 Å². The molecule has 31 heavy (non-hydrogen) atoms. The van der Waals surface area contributed by atoms with E-state index in [1.807, 2.05) is 32.3 Å². The first kappa shape index (κ1) is 23.9. The first-order chi connectivity index (χ1) is 14.7. The van der Waals surface area contributed by atoms with E-state index in [1.165, 1.54) is 6.26 Å². The number of nitrogens with zero attached hydrogens (tertiary/aromatic N) is 4. The van der Waals surface area contributed by atoms with Gasteiger partial charge < -0.3 is 29.8 Å². The molecule has 2 unspecified atom stereocenters. The van der Waals surface area contributed by atoms with Gasteiger partial charge in [-0.25, -0.2) is 0 Å². The molecule has 0 bridgehead atoms. The Balaban J connectivity index is 1.58. The Morgan fingerprint density at radius 2 is 2.10 bits per heavy atom. The van der Waals surface area contributed by atoms with Gasteiger partial charge in [0.1, 0.15) is 12.0 Å². The molecule has 1 aliphatic heterocycles. The average molecular weight is 513 g/mol. The minimum atomic E-state index is -0.970. The molecule has 0 saturated carbocycles. The van der Waals surface area contributed by atoms with E-state index in [1.54, 1.807) is 0 Å². The van der Waals surface area contributed by atoms with Crippen molar-refractivity contribution < 1.29 is 13.8 Å². The number of halogens is 1. The van der Waals surface area contributed by atoms with Gasteiger partial charge in [-0.15, -0.1) is 4.31 Å². The number of anilines is 3. The summed E-state index contributed by atoms with van der Waals surface area (Å²) in [7, 11) is 4.07. The number of nitrogens with two attached hydrogens (primary N) is 1. The average Bonchev–Trinajstić information content (AvgIpc) is 3.15. The minimum Gasteiger partial charge on any atom is -0.598 e. The lowest BCUT2D eigenvalue weighted by Crippen LogP contribution is -2.50. The highest BCUT2D eigenvalue weighted by Crippen LogP contribution is 2.29. The van der Waals surface area contributed by atoms with Gasteiger partial charge in [0.05, 0.1) is 18.8 Å². The molecule has 0 radical (unpaired) electrons. The molecule has 2 aromatic rings. The van der Waals surface area contributed by atoms with Crippen molar-refractivity contribution in [3.05, 3.63) is 34.6 Å². The highest BCUT2D eigenvalue weighted by atomic mass is 79.9. The van der Waals surface area contributed by atoms with Crippen LogP contribution in [0.3, 0.4) is 0 Å². The molecular weight excluding hydrogens is 484 g/mol. The SMILES string of the molecule is CC(CN(C)C)C[S+]([O-])N1CCN(c2ccc(Br)c(NC(=O)c3coc(N)n3)c2)CC1. The molecule has 3 N–H and O–H groups in total. The van der Waals surface area contributed by atoms with Gasteiger partial charge >= 0.3 is 0 Å². The second kappa shape index (κ2) is 10.7. The predicted molar refractivity (Wildman–Crippen MR) is 128 cm³/mol. The predicted octanol–water partition coefficient (Wildman–Crippen LogP) is 2.25. The topological polar surface area (TPSA) is 114 Å². The van der Waals surface area contributed by atoms with Crippen molar-refractivity contribution in [2.45, 2.75) is 6.92 Å². The summed E-state index contributed by atoms with van der Waals surface area (Å²) in [5.74, 6) is 0.663. The Morgan fingerprint density at radius 3 is 2.71 bits per heavy atom. The smallest absolute Gasteiger partial charge is 0.292 e. The van der Waals surface area contributed by atoms with Crippen LogP contribution in [0, 0.1) is 5.92 Å². The molecule has 170 valence electrons. The van der Waals surface area contributed by atoms with Gasteiger partial charge in [0.2, 0.25) is 0 Å². The number of carbonyl (C=O) groups is 1. The molecular formula is C20H29BrN6O3S.